The van der Waals surface area contributed by atoms with Crippen LogP contribution >= 0.6 is 0 Å². The van der Waals surface area contributed by atoms with E-state index >= 15 is 0 Å². The first-order valence-electron chi connectivity index (χ1n) is 5.89. The number of nitrogen functional groups attached to an aromatic ring is 1. The van der Waals surface area contributed by atoms with Crippen LogP contribution < -0.4 is 5.73 Å². The third kappa shape index (κ3) is 2.16. The number of benzene rings is 1. The highest BCUT2D eigenvalue weighted by Crippen LogP contribution is 2.23. The molecule has 1 aromatic heterocycles. The van der Waals surface area contributed by atoms with Gasteiger partial charge in [0.05, 0.1) is 0 Å². The van der Waals surface area contributed by atoms with Gasteiger partial charge < -0.3 is 10.3 Å². The molecule has 0 aliphatic heterocycles. The van der Waals surface area contributed by atoms with Gasteiger partial charge >= 0.3 is 0 Å². The Morgan fingerprint density at radius 2 is 2.00 bits per heavy atom. The predicted octanol–water partition coefficient (Wildman–Crippen LogP) is 2.55. The van der Waals surface area contributed by atoms with Gasteiger partial charge in [0.2, 0.25) is 0 Å². The van der Waals surface area contributed by atoms with Gasteiger partial charge in [0.1, 0.15) is 5.82 Å². The SMILES string of the molecule is CCCn1c(C)nnc1-c1ccc(C)c(N)c1. The number of anilines is 1. The van der Waals surface area contributed by atoms with E-state index in [1.165, 1.54) is 0 Å². The van der Waals surface area contributed by atoms with Gasteiger partial charge in [-0.15, -0.1) is 10.2 Å². The minimum Gasteiger partial charge on any atom is -0.398 e. The highest BCUT2D eigenvalue weighted by molar-refractivity contribution is 5.63. The molecule has 0 amide bonds. The number of hydrogen-bond donors (Lipinski definition) is 1. The number of aryl methyl sites for hydroxylation is 2. The molecule has 0 spiro atoms. The second-order valence-corrected chi connectivity index (χ2v) is 4.29. The maximum absolute atomic E-state index is 5.93. The molecule has 2 aromatic rings. The van der Waals surface area contributed by atoms with E-state index in [1.807, 2.05) is 32.0 Å². The van der Waals surface area contributed by atoms with Crippen molar-refractivity contribution in [3.05, 3.63) is 29.6 Å². The van der Waals surface area contributed by atoms with Crippen LogP contribution in [0.4, 0.5) is 5.69 Å². The molecular formula is C13H18N4. The molecule has 0 radical (unpaired) electrons. The van der Waals surface area contributed by atoms with E-state index < -0.39 is 0 Å². The molecule has 0 aliphatic rings. The monoisotopic (exact) mass is 230 g/mol. The Kier molecular flexibility index (Phi) is 3.13. The molecular weight excluding hydrogens is 212 g/mol. The fourth-order valence-corrected chi connectivity index (χ4v) is 1.87. The van der Waals surface area contributed by atoms with E-state index in [-0.39, 0.29) is 0 Å². The molecule has 90 valence electrons. The Morgan fingerprint density at radius 1 is 1.24 bits per heavy atom. The summed E-state index contributed by atoms with van der Waals surface area (Å²) < 4.78 is 2.13. The topological polar surface area (TPSA) is 56.7 Å². The zero-order chi connectivity index (χ0) is 12.4. The summed E-state index contributed by atoms with van der Waals surface area (Å²) in [6.45, 7) is 7.06. The summed E-state index contributed by atoms with van der Waals surface area (Å²) in [7, 11) is 0. The summed E-state index contributed by atoms with van der Waals surface area (Å²) in [6.07, 6.45) is 1.06. The summed E-state index contributed by atoms with van der Waals surface area (Å²) in [5.41, 5.74) is 8.85. The number of rotatable bonds is 3. The molecule has 2 N–H and O–H groups in total. The van der Waals surface area contributed by atoms with Crippen molar-refractivity contribution in [3.63, 3.8) is 0 Å². The van der Waals surface area contributed by atoms with E-state index in [0.29, 0.717) is 0 Å². The van der Waals surface area contributed by atoms with Crippen LogP contribution in [0.5, 0.6) is 0 Å². The second-order valence-electron chi connectivity index (χ2n) is 4.29. The lowest BCUT2D eigenvalue weighted by Crippen LogP contribution is -2.02. The van der Waals surface area contributed by atoms with Crippen molar-refractivity contribution in [1.29, 1.82) is 0 Å². The minimum absolute atomic E-state index is 0.797. The third-order valence-electron chi connectivity index (χ3n) is 2.92. The number of nitrogens with two attached hydrogens (primary N) is 1. The van der Waals surface area contributed by atoms with Crippen molar-refractivity contribution in [2.24, 2.45) is 0 Å². The first-order chi connectivity index (χ1) is 8.13. The lowest BCUT2D eigenvalue weighted by atomic mass is 10.1. The Hall–Kier alpha value is -1.84. The van der Waals surface area contributed by atoms with Crippen molar-refractivity contribution in [2.75, 3.05) is 5.73 Å². The average molecular weight is 230 g/mol. The van der Waals surface area contributed by atoms with Gasteiger partial charge in [-0.2, -0.15) is 0 Å². The molecule has 1 aromatic carbocycles. The fraction of sp³-hybridized carbons (Fsp3) is 0.385. The van der Waals surface area contributed by atoms with Crippen molar-refractivity contribution in [3.8, 4) is 11.4 Å². The number of aromatic nitrogens is 3. The van der Waals surface area contributed by atoms with Gasteiger partial charge in [0.25, 0.3) is 0 Å². The number of nitrogens with zero attached hydrogens (tertiary/aromatic N) is 3. The predicted molar refractivity (Wildman–Crippen MR) is 69.6 cm³/mol. The number of hydrogen-bond acceptors (Lipinski definition) is 3. The largest absolute Gasteiger partial charge is 0.398 e. The van der Waals surface area contributed by atoms with Crippen LogP contribution in [0, 0.1) is 13.8 Å². The molecule has 0 unspecified atom stereocenters. The van der Waals surface area contributed by atoms with Gasteiger partial charge in [0.15, 0.2) is 5.82 Å². The van der Waals surface area contributed by atoms with Crippen LogP contribution in [0.25, 0.3) is 11.4 Å². The fourth-order valence-electron chi connectivity index (χ4n) is 1.87. The van der Waals surface area contributed by atoms with Crippen LogP contribution in [0.1, 0.15) is 24.7 Å². The summed E-state index contributed by atoms with van der Waals surface area (Å²) >= 11 is 0. The van der Waals surface area contributed by atoms with Crippen molar-refractivity contribution < 1.29 is 0 Å². The van der Waals surface area contributed by atoms with Crippen molar-refractivity contribution in [2.45, 2.75) is 33.7 Å². The Bertz CT molecular complexity index is 528. The third-order valence-corrected chi connectivity index (χ3v) is 2.92. The van der Waals surface area contributed by atoms with E-state index in [4.69, 9.17) is 5.73 Å². The lowest BCUT2D eigenvalue weighted by Gasteiger charge is -2.08. The van der Waals surface area contributed by atoms with Gasteiger partial charge in [-0.05, 0) is 31.9 Å². The molecule has 17 heavy (non-hydrogen) atoms. The van der Waals surface area contributed by atoms with Crippen LogP contribution in [-0.2, 0) is 6.54 Å². The van der Waals surface area contributed by atoms with Crippen LogP contribution in [0.2, 0.25) is 0 Å². The highest BCUT2D eigenvalue weighted by atomic mass is 15.3. The summed E-state index contributed by atoms with van der Waals surface area (Å²) in [5, 5.41) is 8.37. The molecule has 1 heterocycles. The first-order valence-corrected chi connectivity index (χ1v) is 5.89. The average Bonchev–Trinajstić information content (AvgIpc) is 2.66. The Morgan fingerprint density at radius 3 is 2.65 bits per heavy atom. The molecule has 2 rings (SSSR count). The van der Waals surface area contributed by atoms with Gasteiger partial charge in [0, 0.05) is 17.8 Å². The maximum Gasteiger partial charge on any atom is 0.164 e. The summed E-state index contributed by atoms with van der Waals surface area (Å²) in [6, 6.07) is 6.03. The van der Waals surface area contributed by atoms with Crippen LogP contribution in [0.15, 0.2) is 18.2 Å². The molecule has 4 nitrogen and oxygen atoms in total. The molecule has 0 saturated carbocycles. The van der Waals surface area contributed by atoms with Gasteiger partial charge in [-0.25, -0.2) is 0 Å². The standard InChI is InChI=1S/C13H18N4/c1-4-7-17-10(3)15-16-13(17)11-6-5-9(2)12(14)8-11/h5-6,8H,4,7,14H2,1-3H3. The molecule has 4 heteroatoms. The normalized spacial score (nSPS) is 10.8. The highest BCUT2D eigenvalue weighted by Gasteiger charge is 2.10. The molecule has 0 saturated heterocycles. The van der Waals surface area contributed by atoms with Gasteiger partial charge in [-0.3, -0.25) is 0 Å². The molecule has 0 bridgehead atoms. The summed E-state index contributed by atoms with van der Waals surface area (Å²) in [5.74, 6) is 1.84. The zero-order valence-corrected chi connectivity index (χ0v) is 10.6. The second kappa shape index (κ2) is 4.57. The smallest absolute Gasteiger partial charge is 0.164 e. The Labute approximate surface area is 101 Å². The van der Waals surface area contributed by atoms with Gasteiger partial charge in [-0.1, -0.05) is 19.1 Å². The van der Waals surface area contributed by atoms with Crippen LogP contribution in [0.3, 0.4) is 0 Å². The van der Waals surface area contributed by atoms with E-state index in [0.717, 1.165) is 41.4 Å². The van der Waals surface area contributed by atoms with E-state index in [2.05, 4.69) is 21.7 Å². The van der Waals surface area contributed by atoms with Crippen molar-refractivity contribution in [1.82, 2.24) is 14.8 Å². The molecule has 0 atom stereocenters. The lowest BCUT2D eigenvalue weighted by molar-refractivity contribution is 0.663. The maximum atomic E-state index is 5.93. The Balaban J connectivity index is 2.48. The molecule has 0 aliphatic carbocycles. The molecule has 0 fully saturated rings. The van der Waals surface area contributed by atoms with E-state index in [1.54, 1.807) is 0 Å². The van der Waals surface area contributed by atoms with Crippen molar-refractivity contribution >= 4 is 5.69 Å². The van der Waals surface area contributed by atoms with Crippen LogP contribution in [-0.4, -0.2) is 14.8 Å². The minimum atomic E-state index is 0.797. The first kappa shape index (κ1) is 11.6. The zero-order valence-electron chi connectivity index (χ0n) is 10.6. The quantitative estimate of drug-likeness (QED) is 0.824. The summed E-state index contributed by atoms with van der Waals surface area (Å²) in [4.78, 5) is 0. The van der Waals surface area contributed by atoms with E-state index in [9.17, 15) is 0 Å².